The molecule has 37 heavy (non-hydrogen) atoms. The number of halogens is 2. The predicted octanol–water partition coefficient (Wildman–Crippen LogP) is 7.89. The van der Waals surface area contributed by atoms with E-state index in [0.29, 0.717) is 33.2 Å². The molecule has 4 aromatic rings. The molecule has 0 spiro atoms. The molecule has 0 radical (unpaired) electrons. The zero-order chi connectivity index (χ0) is 25.9. The van der Waals surface area contributed by atoms with Crippen molar-refractivity contribution in [3.8, 4) is 11.5 Å². The lowest BCUT2D eigenvalue weighted by Crippen LogP contribution is -2.19. The van der Waals surface area contributed by atoms with Crippen molar-refractivity contribution >= 4 is 79.6 Å². The van der Waals surface area contributed by atoms with Crippen LogP contribution in [0.3, 0.4) is 0 Å². The second-order valence-corrected chi connectivity index (χ2v) is 11.0. The highest BCUT2D eigenvalue weighted by molar-refractivity contribution is 14.1. The van der Waals surface area contributed by atoms with Crippen LogP contribution < -0.4 is 14.8 Å². The summed E-state index contributed by atoms with van der Waals surface area (Å²) >= 11 is 9.72. The van der Waals surface area contributed by atoms with E-state index in [0.717, 1.165) is 25.9 Å². The van der Waals surface area contributed by atoms with Crippen LogP contribution in [-0.2, 0) is 11.4 Å². The summed E-state index contributed by atoms with van der Waals surface area (Å²) in [6.07, 6.45) is 1.82. The van der Waals surface area contributed by atoms with Crippen molar-refractivity contribution in [2.24, 2.45) is 4.99 Å². The second-order valence-electron chi connectivity index (χ2n) is 8.37. The lowest BCUT2D eigenvalue weighted by Gasteiger charge is -2.14. The second kappa shape index (κ2) is 11.2. The number of aliphatic imine (C=N–C) groups is 1. The topological polar surface area (TPSA) is 59.9 Å². The number of methoxy groups -OCH3 is 1. The minimum atomic E-state index is -0.200. The van der Waals surface area contributed by atoms with Crippen LogP contribution >= 0.6 is 46.0 Å². The Hall–Kier alpha value is -3.01. The van der Waals surface area contributed by atoms with E-state index in [1.54, 1.807) is 7.11 Å². The van der Waals surface area contributed by atoms with Gasteiger partial charge in [0.05, 0.1) is 21.3 Å². The molecule has 1 saturated heterocycles. The average molecular weight is 641 g/mol. The fourth-order valence-electron chi connectivity index (χ4n) is 3.91. The highest BCUT2D eigenvalue weighted by Gasteiger charge is 2.24. The molecule has 0 aromatic heterocycles. The molecule has 1 fully saturated rings. The minimum Gasteiger partial charge on any atom is -0.493 e. The van der Waals surface area contributed by atoms with Crippen molar-refractivity contribution < 1.29 is 14.3 Å². The molecule has 1 amide bonds. The molecule has 1 heterocycles. The Kier molecular flexibility index (Phi) is 7.73. The van der Waals surface area contributed by atoms with Crippen LogP contribution in [0.2, 0.25) is 5.02 Å². The van der Waals surface area contributed by atoms with Crippen molar-refractivity contribution in [2.75, 3.05) is 7.11 Å². The van der Waals surface area contributed by atoms with Crippen molar-refractivity contribution in [3.63, 3.8) is 0 Å². The molecule has 1 aliphatic rings. The number of carbonyl (C=O) groups is 1. The van der Waals surface area contributed by atoms with Crippen LogP contribution in [-0.4, -0.2) is 18.2 Å². The maximum Gasteiger partial charge on any atom is 0.264 e. The van der Waals surface area contributed by atoms with E-state index in [-0.39, 0.29) is 5.91 Å². The highest BCUT2D eigenvalue weighted by Crippen LogP contribution is 2.37. The molecule has 5 nitrogen and oxygen atoms in total. The molecule has 0 atom stereocenters. The lowest BCUT2D eigenvalue weighted by atomic mass is 10.1. The zero-order valence-electron chi connectivity index (χ0n) is 20.0. The van der Waals surface area contributed by atoms with Crippen LogP contribution in [0.1, 0.15) is 16.7 Å². The van der Waals surface area contributed by atoms with Crippen molar-refractivity contribution in [2.45, 2.75) is 13.5 Å². The minimum absolute atomic E-state index is 0.200. The summed E-state index contributed by atoms with van der Waals surface area (Å²) in [5.41, 5.74) is 3.49. The Morgan fingerprint density at radius 3 is 2.68 bits per heavy atom. The van der Waals surface area contributed by atoms with Gasteiger partial charge in [-0.2, -0.15) is 0 Å². The third-order valence-electron chi connectivity index (χ3n) is 5.86. The van der Waals surface area contributed by atoms with E-state index in [1.165, 1.54) is 22.5 Å². The van der Waals surface area contributed by atoms with Crippen molar-refractivity contribution in [1.29, 1.82) is 0 Å². The summed E-state index contributed by atoms with van der Waals surface area (Å²) in [6, 6.07) is 23.9. The Morgan fingerprint density at radius 1 is 1.05 bits per heavy atom. The fourth-order valence-corrected chi connectivity index (χ4v) is 5.69. The monoisotopic (exact) mass is 640 g/mol. The molecule has 1 N–H and O–H groups in total. The summed E-state index contributed by atoms with van der Waals surface area (Å²) in [6.45, 7) is 2.32. The molecule has 5 rings (SSSR count). The van der Waals surface area contributed by atoms with E-state index in [2.05, 4.69) is 63.2 Å². The van der Waals surface area contributed by atoms with Crippen LogP contribution in [0.15, 0.2) is 82.7 Å². The number of rotatable bonds is 6. The molecular weight excluding hydrogens is 619 g/mol. The van der Waals surface area contributed by atoms with Crippen molar-refractivity contribution in [1.82, 2.24) is 5.32 Å². The SMILES string of the molecule is COc1cc(/C=C2/SC(=Nc3cccc(Cl)c3C)NC2=O)cc(I)c1OCc1ccc2ccccc2c1. The van der Waals surface area contributed by atoms with Gasteiger partial charge in [0.1, 0.15) is 6.61 Å². The molecule has 8 heteroatoms. The van der Waals surface area contributed by atoms with Gasteiger partial charge in [-0.05, 0) is 105 Å². The number of fused-ring (bicyclic) bond motifs is 1. The van der Waals surface area contributed by atoms with Crippen LogP contribution in [0.5, 0.6) is 11.5 Å². The third kappa shape index (κ3) is 5.79. The average Bonchev–Trinajstić information content (AvgIpc) is 3.23. The van der Waals surface area contributed by atoms with Gasteiger partial charge in [0.2, 0.25) is 0 Å². The molecule has 4 aromatic carbocycles. The first-order chi connectivity index (χ1) is 17.9. The van der Waals surface area contributed by atoms with Gasteiger partial charge in [-0.3, -0.25) is 4.79 Å². The van der Waals surface area contributed by atoms with Gasteiger partial charge in [0, 0.05) is 5.02 Å². The van der Waals surface area contributed by atoms with E-state index in [1.807, 2.05) is 55.5 Å². The Bertz CT molecular complexity index is 1590. The van der Waals surface area contributed by atoms with Gasteiger partial charge in [-0.25, -0.2) is 4.99 Å². The van der Waals surface area contributed by atoms with Gasteiger partial charge in [-0.15, -0.1) is 0 Å². The number of nitrogens with one attached hydrogen (secondary N) is 1. The summed E-state index contributed by atoms with van der Waals surface area (Å²) < 4.78 is 12.7. The largest absolute Gasteiger partial charge is 0.493 e. The van der Waals surface area contributed by atoms with E-state index < -0.39 is 0 Å². The molecule has 0 unspecified atom stereocenters. The molecule has 186 valence electrons. The molecular formula is C29H22ClIN2O3S. The number of nitrogens with zero attached hydrogens (tertiary/aromatic N) is 1. The molecule has 0 aliphatic carbocycles. The summed E-state index contributed by atoms with van der Waals surface area (Å²) in [4.78, 5) is 17.7. The van der Waals surface area contributed by atoms with Gasteiger partial charge in [0.15, 0.2) is 16.7 Å². The number of hydrogen-bond acceptors (Lipinski definition) is 5. The van der Waals surface area contributed by atoms with Gasteiger partial charge in [0.25, 0.3) is 5.91 Å². The molecule has 1 aliphatic heterocycles. The summed E-state index contributed by atoms with van der Waals surface area (Å²) in [5, 5.41) is 6.35. The smallest absolute Gasteiger partial charge is 0.264 e. The van der Waals surface area contributed by atoms with Gasteiger partial charge in [-0.1, -0.05) is 54.1 Å². The predicted molar refractivity (Wildman–Crippen MR) is 161 cm³/mol. The summed E-state index contributed by atoms with van der Waals surface area (Å²) in [5.74, 6) is 1.07. The Labute approximate surface area is 238 Å². The number of amides is 1. The maximum absolute atomic E-state index is 12.6. The number of ether oxygens (including phenoxy) is 2. The molecule has 0 bridgehead atoms. The fraction of sp³-hybridized carbons (Fsp3) is 0.103. The van der Waals surface area contributed by atoms with Crippen LogP contribution in [0.25, 0.3) is 16.8 Å². The quantitative estimate of drug-likeness (QED) is 0.172. The van der Waals surface area contributed by atoms with E-state index in [4.69, 9.17) is 21.1 Å². The number of amidine groups is 1. The third-order valence-corrected chi connectivity index (χ3v) is 7.98. The van der Waals surface area contributed by atoms with E-state index in [9.17, 15) is 4.79 Å². The van der Waals surface area contributed by atoms with E-state index >= 15 is 0 Å². The number of benzene rings is 4. The first kappa shape index (κ1) is 25.6. The normalized spacial score (nSPS) is 15.4. The standard InChI is InChI=1S/C29H22ClIN2O3S/c1-17-22(30)8-5-9-24(17)32-29-33-28(34)26(37-29)15-19-13-23(31)27(25(14-19)35-2)36-16-18-10-11-20-6-3-4-7-21(20)12-18/h3-15H,16H2,1-2H3,(H,32,33,34)/b26-15+. The number of thioether (sulfide) groups is 1. The first-order valence-corrected chi connectivity index (χ1v) is 13.7. The highest BCUT2D eigenvalue weighted by atomic mass is 127. The van der Waals surface area contributed by atoms with Gasteiger partial charge < -0.3 is 14.8 Å². The molecule has 0 saturated carbocycles. The van der Waals surface area contributed by atoms with Crippen molar-refractivity contribution in [3.05, 3.63) is 103 Å². The zero-order valence-corrected chi connectivity index (χ0v) is 23.8. The Balaban J connectivity index is 1.35. The lowest BCUT2D eigenvalue weighted by molar-refractivity contribution is -0.115. The maximum atomic E-state index is 12.6. The van der Waals surface area contributed by atoms with Gasteiger partial charge >= 0.3 is 0 Å². The number of carbonyl (C=O) groups excluding carboxylic acids is 1. The Morgan fingerprint density at radius 2 is 1.86 bits per heavy atom. The number of hydrogen-bond donors (Lipinski definition) is 1. The summed E-state index contributed by atoms with van der Waals surface area (Å²) in [7, 11) is 1.61. The van der Waals surface area contributed by atoms with Crippen LogP contribution in [0.4, 0.5) is 5.69 Å². The van der Waals surface area contributed by atoms with Crippen LogP contribution in [0, 0.1) is 10.5 Å². The first-order valence-electron chi connectivity index (χ1n) is 11.4.